The summed E-state index contributed by atoms with van der Waals surface area (Å²) in [5.74, 6) is -0.537. The maximum absolute atomic E-state index is 13.6. The van der Waals surface area contributed by atoms with Crippen molar-refractivity contribution in [2.24, 2.45) is 0 Å². The Kier molecular flexibility index (Phi) is 13.4. The zero-order valence-corrected chi connectivity index (χ0v) is 21.0. The molecule has 0 radical (unpaired) electrons. The molecule has 1 atom stereocenters. The van der Waals surface area contributed by atoms with E-state index < -0.39 is 0 Å². The molecule has 0 aliphatic heterocycles. The number of esters is 1. The molecule has 0 fully saturated rings. The lowest BCUT2D eigenvalue weighted by Gasteiger charge is -2.22. The molecule has 0 aliphatic rings. The van der Waals surface area contributed by atoms with Crippen molar-refractivity contribution in [3.8, 4) is 0 Å². The molecule has 6 heteroatoms. The Morgan fingerprint density at radius 2 is 1.66 bits per heavy atom. The zero-order valence-electron chi connectivity index (χ0n) is 21.0. The minimum absolute atomic E-state index is 0.0273. The number of hydrogen-bond donors (Lipinski definition) is 1. The van der Waals surface area contributed by atoms with E-state index in [1.807, 2.05) is 67.5 Å². The van der Waals surface area contributed by atoms with Gasteiger partial charge < -0.3 is 15.0 Å². The smallest absolute Gasteiger partial charge is 0.308 e. The van der Waals surface area contributed by atoms with Gasteiger partial charge in [-0.05, 0) is 45.0 Å². The number of amides is 1. The van der Waals surface area contributed by atoms with Crippen LogP contribution < -0.4 is 5.32 Å². The van der Waals surface area contributed by atoms with E-state index in [4.69, 9.17) is 4.74 Å². The molecule has 2 aromatic rings. The van der Waals surface area contributed by atoms with Gasteiger partial charge in [-0.15, -0.1) is 0 Å². The van der Waals surface area contributed by atoms with Gasteiger partial charge in [-0.25, -0.2) is 4.39 Å². The van der Waals surface area contributed by atoms with Crippen LogP contribution in [0.5, 0.6) is 0 Å². The monoisotopic (exact) mass is 482 g/mol. The van der Waals surface area contributed by atoms with Crippen LogP contribution in [0.1, 0.15) is 62.5 Å². The van der Waals surface area contributed by atoms with Gasteiger partial charge in [-0.1, -0.05) is 79.9 Å². The minimum atomic E-state index is -0.315. The van der Waals surface area contributed by atoms with Crippen molar-refractivity contribution in [3.63, 3.8) is 0 Å². The lowest BCUT2D eigenvalue weighted by atomic mass is 10.1. The lowest BCUT2D eigenvalue weighted by molar-refractivity contribution is -0.145. The molecular weight excluding hydrogens is 443 g/mol. The molecule has 0 spiro atoms. The van der Waals surface area contributed by atoms with Crippen LogP contribution in [0, 0.1) is 5.82 Å². The summed E-state index contributed by atoms with van der Waals surface area (Å²) in [5, 5.41) is 3.00. The van der Waals surface area contributed by atoms with Crippen LogP contribution in [0.15, 0.2) is 60.7 Å². The third kappa shape index (κ3) is 12.9. The molecule has 0 aromatic heterocycles. The van der Waals surface area contributed by atoms with Crippen molar-refractivity contribution in [1.29, 1.82) is 0 Å². The lowest BCUT2D eigenvalue weighted by Crippen LogP contribution is -2.43. The highest BCUT2D eigenvalue weighted by atomic mass is 19.1. The number of carbonyl (C=O) groups excluding carboxylic acids is 2. The van der Waals surface area contributed by atoms with Gasteiger partial charge in [-0.2, -0.15) is 0 Å². The number of hydrogen-bond acceptors (Lipinski definition) is 4. The van der Waals surface area contributed by atoms with Gasteiger partial charge in [0.25, 0.3) is 0 Å². The van der Waals surface area contributed by atoms with E-state index in [0.29, 0.717) is 18.5 Å². The minimum Gasteiger partial charge on any atom is -0.461 e. The second-order valence-electron chi connectivity index (χ2n) is 9.11. The predicted octanol–water partition coefficient (Wildman–Crippen LogP) is 5.75. The molecule has 35 heavy (non-hydrogen) atoms. The van der Waals surface area contributed by atoms with Gasteiger partial charge in [0, 0.05) is 18.5 Å². The summed E-state index contributed by atoms with van der Waals surface area (Å²) in [7, 11) is 3.83. The van der Waals surface area contributed by atoms with E-state index >= 15 is 0 Å². The molecule has 5 nitrogen and oxygen atoms in total. The third-order valence-corrected chi connectivity index (χ3v) is 5.58. The fraction of sp³-hybridized carbons (Fsp3) is 0.448. The molecule has 0 saturated heterocycles. The predicted molar refractivity (Wildman–Crippen MR) is 139 cm³/mol. The molecule has 190 valence electrons. The summed E-state index contributed by atoms with van der Waals surface area (Å²) in [4.78, 5) is 26.6. The maximum Gasteiger partial charge on any atom is 0.308 e. The number of ether oxygens (including phenoxy) is 1. The molecule has 1 amide bonds. The summed E-state index contributed by atoms with van der Waals surface area (Å²) in [6, 6.07) is 16.0. The van der Waals surface area contributed by atoms with Gasteiger partial charge in [0.2, 0.25) is 5.91 Å². The Morgan fingerprint density at radius 3 is 2.40 bits per heavy atom. The first kappa shape index (κ1) is 28.2. The number of halogens is 1. The van der Waals surface area contributed by atoms with Crippen LogP contribution in [-0.2, 0) is 20.9 Å². The largest absolute Gasteiger partial charge is 0.461 e. The molecule has 0 bridgehead atoms. The summed E-state index contributed by atoms with van der Waals surface area (Å²) < 4.78 is 18.9. The Bertz CT molecular complexity index is 915. The van der Waals surface area contributed by atoms with E-state index in [-0.39, 0.29) is 36.8 Å². The van der Waals surface area contributed by atoms with Crippen molar-refractivity contribution in [2.45, 2.75) is 64.0 Å². The van der Waals surface area contributed by atoms with Gasteiger partial charge in [0.1, 0.15) is 12.4 Å². The van der Waals surface area contributed by atoms with E-state index in [1.54, 1.807) is 12.1 Å². The quantitative estimate of drug-likeness (QED) is 0.245. The zero-order chi connectivity index (χ0) is 25.3. The number of likely N-dealkylation sites (N-methyl/N-ethyl adjacent to an activating group) is 1. The van der Waals surface area contributed by atoms with Crippen molar-refractivity contribution in [1.82, 2.24) is 10.2 Å². The van der Waals surface area contributed by atoms with Crippen LogP contribution in [0.25, 0.3) is 6.08 Å². The summed E-state index contributed by atoms with van der Waals surface area (Å²) in [5.41, 5.74) is 1.56. The fourth-order valence-electron chi connectivity index (χ4n) is 3.80. The van der Waals surface area contributed by atoms with E-state index in [1.165, 1.54) is 6.07 Å². The number of nitrogens with one attached hydrogen (secondary N) is 1. The van der Waals surface area contributed by atoms with E-state index in [9.17, 15) is 14.0 Å². The fourth-order valence-corrected chi connectivity index (χ4v) is 3.80. The Hall–Kier alpha value is -2.99. The first-order valence-corrected chi connectivity index (χ1v) is 12.5. The Balaban J connectivity index is 1.58. The van der Waals surface area contributed by atoms with Gasteiger partial charge in [0.15, 0.2) is 0 Å². The molecule has 0 aliphatic carbocycles. The number of rotatable bonds is 16. The number of allylic oxidation sites excluding steroid dienone is 1. The van der Waals surface area contributed by atoms with Crippen LogP contribution in [-0.4, -0.2) is 43.5 Å². The average molecular weight is 483 g/mol. The number of unbranched alkanes of at least 4 members (excludes halogenated alkanes) is 5. The molecule has 0 heterocycles. The molecule has 2 aromatic carbocycles. The van der Waals surface area contributed by atoms with Gasteiger partial charge >= 0.3 is 5.97 Å². The standard InChI is InChI=1S/C29H39FN2O3/c1-32(2)22-26(21-29(34)35-23-24-15-9-8-10-16-24)31-28(33)20-12-7-5-3-4-6-11-17-25-18-13-14-19-27(25)30/h8-11,13-19,26H,3-7,12,20-23H2,1-2H3,(H,31,33)/b17-11+/t26-/m1/s1. The van der Waals surface area contributed by atoms with Crippen molar-refractivity contribution >= 4 is 18.0 Å². The number of carbonyl (C=O) groups is 2. The highest BCUT2D eigenvalue weighted by Crippen LogP contribution is 2.12. The van der Waals surface area contributed by atoms with Crippen LogP contribution >= 0.6 is 0 Å². The highest BCUT2D eigenvalue weighted by molar-refractivity contribution is 5.77. The van der Waals surface area contributed by atoms with Crippen LogP contribution in [0.3, 0.4) is 0 Å². The second kappa shape index (κ2) is 16.6. The summed E-state index contributed by atoms with van der Waals surface area (Å²) >= 11 is 0. The van der Waals surface area contributed by atoms with E-state index in [2.05, 4.69) is 5.32 Å². The Morgan fingerprint density at radius 1 is 0.971 bits per heavy atom. The SMILES string of the molecule is CN(C)C[C@@H](CC(=O)OCc1ccccc1)NC(=O)CCCCCCC/C=C/c1ccccc1F. The molecule has 2 rings (SSSR count). The third-order valence-electron chi connectivity index (χ3n) is 5.58. The summed E-state index contributed by atoms with van der Waals surface area (Å²) in [6.07, 6.45) is 10.4. The van der Waals surface area contributed by atoms with Crippen LogP contribution in [0.4, 0.5) is 4.39 Å². The molecular formula is C29H39FN2O3. The maximum atomic E-state index is 13.6. The number of benzene rings is 2. The normalized spacial score (nSPS) is 12.1. The van der Waals surface area contributed by atoms with Crippen molar-refractivity contribution in [2.75, 3.05) is 20.6 Å². The van der Waals surface area contributed by atoms with Gasteiger partial charge in [0.05, 0.1) is 12.5 Å². The summed E-state index contributed by atoms with van der Waals surface area (Å²) in [6.45, 7) is 0.813. The van der Waals surface area contributed by atoms with Crippen LogP contribution in [0.2, 0.25) is 0 Å². The highest BCUT2D eigenvalue weighted by Gasteiger charge is 2.18. The second-order valence-corrected chi connectivity index (χ2v) is 9.11. The average Bonchev–Trinajstić information content (AvgIpc) is 2.83. The molecule has 1 N–H and O–H groups in total. The topological polar surface area (TPSA) is 58.6 Å². The molecule has 0 saturated carbocycles. The van der Waals surface area contributed by atoms with Crippen molar-refractivity contribution < 1.29 is 18.7 Å². The van der Waals surface area contributed by atoms with Crippen molar-refractivity contribution in [3.05, 3.63) is 77.6 Å². The molecule has 0 unspecified atom stereocenters. The van der Waals surface area contributed by atoms with Gasteiger partial charge in [-0.3, -0.25) is 9.59 Å². The first-order chi connectivity index (χ1) is 16.9. The van der Waals surface area contributed by atoms with E-state index in [0.717, 1.165) is 44.1 Å². The number of nitrogens with zero attached hydrogens (tertiary/aromatic N) is 1. The first-order valence-electron chi connectivity index (χ1n) is 12.5. The Labute approximate surface area is 209 Å².